The summed E-state index contributed by atoms with van der Waals surface area (Å²) in [5.74, 6) is 0.808. The lowest BCUT2D eigenvalue weighted by Gasteiger charge is -2.14. The first kappa shape index (κ1) is 15.4. The number of para-hydroxylation sites is 1. The summed E-state index contributed by atoms with van der Waals surface area (Å²) >= 11 is 6.97. The van der Waals surface area contributed by atoms with Crippen molar-refractivity contribution in [3.8, 4) is 5.75 Å². The molecule has 0 radical (unpaired) electrons. The molecule has 20 heavy (non-hydrogen) atoms. The number of hydrogen-bond donors (Lipinski definition) is 2. The average molecular weight is 401 g/mol. The van der Waals surface area contributed by atoms with Crippen LogP contribution in [-0.4, -0.2) is 12.2 Å². The molecule has 2 N–H and O–H groups in total. The number of aliphatic hydroxyl groups is 1. The summed E-state index contributed by atoms with van der Waals surface area (Å²) in [6.45, 7) is 0.626. The van der Waals surface area contributed by atoms with Crippen LogP contribution in [0.15, 0.2) is 45.3 Å². The third-order valence-electron chi connectivity index (χ3n) is 2.95. The zero-order valence-electron chi connectivity index (χ0n) is 11.0. The van der Waals surface area contributed by atoms with E-state index in [1.807, 2.05) is 36.4 Å². The van der Waals surface area contributed by atoms with Crippen LogP contribution in [0, 0.1) is 0 Å². The van der Waals surface area contributed by atoms with Gasteiger partial charge in [-0.15, -0.1) is 0 Å². The number of anilines is 1. The minimum atomic E-state index is 0.0164. The van der Waals surface area contributed by atoms with Crippen LogP contribution in [0.1, 0.15) is 11.1 Å². The Morgan fingerprint density at radius 3 is 2.60 bits per heavy atom. The highest BCUT2D eigenvalue weighted by Gasteiger charge is 2.09. The van der Waals surface area contributed by atoms with Gasteiger partial charge in [-0.3, -0.25) is 0 Å². The molecule has 2 rings (SSSR count). The molecular weight excluding hydrogens is 386 g/mol. The van der Waals surface area contributed by atoms with Crippen molar-refractivity contribution in [2.45, 2.75) is 13.2 Å². The van der Waals surface area contributed by atoms with Gasteiger partial charge in [0.05, 0.1) is 18.2 Å². The van der Waals surface area contributed by atoms with Crippen molar-refractivity contribution in [3.63, 3.8) is 0 Å². The van der Waals surface area contributed by atoms with Gasteiger partial charge in [0.25, 0.3) is 0 Å². The number of aliphatic hydroxyl groups excluding tert-OH is 1. The topological polar surface area (TPSA) is 41.5 Å². The van der Waals surface area contributed by atoms with Crippen LogP contribution in [0.4, 0.5) is 5.69 Å². The summed E-state index contributed by atoms with van der Waals surface area (Å²) in [4.78, 5) is 0. The van der Waals surface area contributed by atoms with Gasteiger partial charge in [0.1, 0.15) is 5.75 Å². The van der Waals surface area contributed by atoms with Crippen molar-refractivity contribution in [1.29, 1.82) is 0 Å². The summed E-state index contributed by atoms with van der Waals surface area (Å²) in [5, 5.41) is 12.7. The summed E-state index contributed by atoms with van der Waals surface area (Å²) in [5.41, 5.74) is 2.83. The highest BCUT2D eigenvalue weighted by atomic mass is 79.9. The fourth-order valence-electron chi connectivity index (χ4n) is 1.99. The fraction of sp³-hybridized carbons (Fsp3) is 0.200. The van der Waals surface area contributed by atoms with Gasteiger partial charge >= 0.3 is 0 Å². The largest absolute Gasteiger partial charge is 0.495 e. The molecule has 0 spiro atoms. The monoisotopic (exact) mass is 399 g/mol. The lowest BCUT2D eigenvalue weighted by Crippen LogP contribution is -2.04. The Kier molecular flexibility index (Phi) is 5.46. The van der Waals surface area contributed by atoms with E-state index in [0.717, 1.165) is 31.5 Å². The number of benzene rings is 2. The zero-order valence-corrected chi connectivity index (χ0v) is 14.2. The van der Waals surface area contributed by atoms with Gasteiger partial charge in [-0.05, 0) is 34.1 Å². The van der Waals surface area contributed by atoms with Gasteiger partial charge in [-0.2, -0.15) is 0 Å². The summed E-state index contributed by atoms with van der Waals surface area (Å²) in [7, 11) is 1.65. The van der Waals surface area contributed by atoms with E-state index >= 15 is 0 Å². The molecule has 0 unspecified atom stereocenters. The molecule has 2 aromatic carbocycles. The van der Waals surface area contributed by atoms with E-state index in [-0.39, 0.29) is 6.61 Å². The maximum Gasteiger partial charge on any atom is 0.138 e. The lowest BCUT2D eigenvalue weighted by molar-refractivity contribution is 0.282. The molecule has 0 heterocycles. The molecular formula is C15H15Br2NO2. The van der Waals surface area contributed by atoms with Crippen LogP contribution in [0.5, 0.6) is 5.75 Å². The van der Waals surface area contributed by atoms with E-state index in [4.69, 9.17) is 4.74 Å². The predicted octanol–water partition coefficient (Wildman–Crippen LogP) is 4.32. The van der Waals surface area contributed by atoms with Crippen LogP contribution >= 0.6 is 31.9 Å². The van der Waals surface area contributed by atoms with Gasteiger partial charge in [-0.1, -0.05) is 34.1 Å². The lowest BCUT2D eigenvalue weighted by atomic mass is 10.1. The number of hydrogen-bond acceptors (Lipinski definition) is 3. The molecule has 0 atom stereocenters. The van der Waals surface area contributed by atoms with Gasteiger partial charge in [0, 0.05) is 27.8 Å². The maximum atomic E-state index is 9.32. The Morgan fingerprint density at radius 2 is 1.90 bits per heavy atom. The highest BCUT2D eigenvalue weighted by molar-refractivity contribution is 9.11. The van der Waals surface area contributed by atoms with E-state index in [0.29, 0.717) is 6.54 Å². The first-order valence-corrected chi connectivity index (χ1v) is 7.69. The second-order valence-corrected chi connectivity index (χ2v) is 6.02. The Morgan fingerprint density at radius 1 is 1.15 bits per heavy atom. The predicted molar refractivity (Wildman–Crippen MR) is 88.1 cm³/mol. The molecule has 0 saturated carbocycles. The standard InChI is InChI=1S/C15H15Br2NO2/c1-20-15-11(6-12(16)7-13(15)17)8-18-14-5-3-2-4-10(14)9-19/h2-7,18-19H,8-9H2,1H3. The summed E-state index contributed by atoms with van der Waals surface area (Å²) in [6, 6.07) is 11.7. The Bertz CT molecular complexity index is 602. The molecule has 0 aliphatic heterocycles. The molecule has 2 aromatic rings. The molecule has 0 aromatic heterocycles. The van der Waals surface area contributed by atoms with Gasteiger partial charge in [0.15, 0.2) is 0 Å². The average Bonchev–Trinajstić information content (AvgIpc) is 2.45. The van der Waals surface area contributed by atoms with Crippen LogP contribution in [0.2, 0.25) is 0 Å². The third kappa shape index (κ3) is 3.53. The van der Waals surface area contributed by atoms with Gasteiger partial charge in [-0.25, -0.2) is 0 Å². The van der Waals surface area contributed by atoms with Gasteiger partial charge < -0.3 is 15.2 Å². The van der Waals surface area contributed by atoms with Crippen LogP contribution in [0.25, 0.3) is 0 Å². The second-order valence-electron chi connectivity index (χ2n) is 4.25. The van der Waals surface area contributed by atoms with Gasteiger partial charge in [0.2, 0.25) is 0 Å². The third-order valence-corrected chi connectivity index (χ3v) is 3.99. The molecule has 0 bridgehead atoms. The molecule has 106 valence electrons. The second kappa shape index (κ2) is 7.11. The molecule has 0 aliphatic rings. The zero-order chi connectivity index (χ0) is 14.5. The molecule has 3 nitrogen and oxygen atoms in total. The SMILES string of the molecule is COc1c(Br)cc(Br)cc1CNc1ccccc1CO. The Hall–Kier alpha value is -1.04. The van der Waals surface area contributed by atoms with Crippen LogP contribution in [0.3, 0.4) is 0 Å². The summed E-state index contributed by atoms with van der Waals surface area (Å²) < 4.78 is 7.31. The fourth-order valence-corrected chi connectivity index (χ4v) is 3.47. The van der Waals surface area contributed by atoms with Crippen molar-refractivity contribution in [1.82, 2.24) is 0 Å². The Balaban J connectivity index is 2.22. The molecule has 0 amide bonds. The van der Waals surface area contributed by atoms with E-state index < -0.39 is 0 Å². The minimum absolute atomic E-state index is 0.0164. The molecule has 0 aliphatic carbocycles. The first-order valence-electron chi connectivity index (χ1n) is 6.10. The smallest absolute Gasteiger partial charge is 0.138 e. The quantitative estimate of drug-likeness (QED) is 0.784. The van der Waals surface area contributed by atoms with Crippen molar-refractivity contribution in [2.24, 2.45) is 0 Å². The molecule has 0 fully saturated rings. The normalized spacial score (nSPS) is 10.4. The van der Waals surface area contributed by atoms with Crippen molar-refractivity contribution in [3.05, 3.63) is 56.5 Å². The van der Waals surface area contributed by atoms with E-state index in [2.05, 4.69) is 37.2 Å². The summed E-state index contributed by atoms with van der Waals surface area (Å²) in [6.07, 6.45) is 0. The van der Waals surface area contributed by atoms with E-state index in [1.54, 1.807) is 7.11 Å². The van der Waals surface area contributed by atoms with E-state index in [1.165, 1.54) is 0 Å². The number of ether oxygens (including phenoxy) is 1. The number of methoxy groups -OCH3 is 1. The van der Waals surface area contributed by atoms with Crippen molar-refractivity contribution >= 4 is 37.5 Å². The molecule has 0 saturated heterocycles. The maximum absolute atomic E-state index is 9.32. The van der Waals surface area contributed by atoms with Crippen LogP contribution in [-0.2, 0) is 13.2 Å². The van der Waals surface area contributed by atoms with Crippen LogP contribution < -0.4 is 10.1 Å². The number of halogens is 2. The van der Waals surface area contributed by atoms with E-state index in [9.17, 15) is 5.11 Å². The molecule has 5 heteroatoms. The Labute approximate surface area is 135 Å². The number of nitrogens with one attached hydrogen (secondary N) is 1. The number of rotatable bonds is 5. The first-order chi connectivity index (χ1) is 9.65. The van der Waals surface area contributed by atoms with Crippen molar-refractivity contribution in [2.75, 3.05) is 12.4 Å². The van der Waals surface area contributed by atoms with Crippen molar-refractivity contribution < 1.29 is 9.84 Å². The minimum Gasteiger partial charge on any atom is -0.495 e. The highest BCUT2D eigenvalue weighted by Crippen LogP contribution is 2.33.